The summed E-state index contributed by atoms with van der Waals surface area (Å²) in [5.74, 6) is 0.763. The second kappa shape index (κ2) is 4.81. The van der Waals surface area contributed by atoms with Gasteiger partial charge in [-0.15, -0.1) is 0 Å². The Labute approximate surface area is 93.1 Å². The number of likely N-dealkylation sites (N-methyl/N-ethyl adjacent to an activating group) is 1. The van der Waals surface area contributed by atoms with Crippen LogP contribution in [0.3, 0.4) is 0 Å². The molecule has 2 aliphatic rings. The van der Waals surface area contributed by atoms with Crippen LogP contribution in [0, 0.1) is 5.92 Å². The van der Waals surface area contributed by atoms with Crippen molar-refractivity contribution in [2.24, 2.45) is 5.92 Å². The Hall–Kier alpha value is -0.120. The van der Waals surface area contributed by atoms with Crippen molar-refractivity contribution in [2.45, 2.75) is 38.3 Å². The van der Waals surface area contributed by atoms with E-state index in [1.807, 2.05) is 0 Å². The first-order valence-electron chi connectivity index (χ1n) is 6.26. The van der Waals surface area contributed by atoms with Crippen LogP contribution in [0.5, 0.6) is 0 Å². The van der Waals surface area contributed by atoms with Gasteiger partial charge in [0, 0.05) is 38.3 Å². The molecule has 1 aliphatic heterocycles. The fourth-order valence-corrected chi connectivity index (χ4v) is 2.78. The molecule has 2 atom stereocenters. The average Bonchev–Trinajstić information content (AvgIpc) is 2.97. The van der Waals surface area contributed by atoms with Crippen LogP contribution in [-0.2, 0) is 0 Å². The molecule has 88 valence electrons. The second-order valence-corrected chi connectivity index (χ2v) is 5.40. The van der Waals surface area contributed by atoms with Crippen molar-refractivity contribution in [3.63, 3.8) is 0 Å². The Morgan fingerprint density at radius 1 is 1.20 bits per heavy atom. The standard InChI is InChI=1S/C12H24N2O/c1-10-7-13(2)12(5-6-15)9-14(8-10)11-3-4-11/h10-12,15H,3-9H2,1-2H3. The van der Waals surface area contributed by atoms with Crippen LogP contribution in [0.1, 0.15) is 26.2 Å². The van der Waals surface area contributed by atoms with Gasteiger partial charge in [0.15, 0.2) is 0 Å². The molecule has 3 nitrogen and oxygen atoms in total. The van der Waals surface area contributed by atoms with E-state index in [0.717, 1.165) is 24.9 Å². The van der Waals surface area contributed by atoms with E-state index in [-0.39, 0.29) is 0 Å². The highest BCUT2D eigenvalue weighted by molar-refractivity contribution is 4.90. The van der Waals surface area contributed by atoms with E-state index in [1.165, 1.54) is 25.9 Å². The highest BCUT2D eigenvalue weighted by atomic mass is 16.3. The summed E-state index contributed by atoms with van der Waals surface area (Å²) in [7, 11) is 2.20. The molecule has 2 unspecified atom stereocenters. The van der Waals surface area contributed by atoms with Gasteiger partial charge in [0.1, 0.15) is 0 Å². The fourth-order valence-electron chi connectivity index (χ4n) is 2.78. The van der Waals surface area contributed by atoms with E-state index in [4.69, 9.17) is 5.11 Å². The molecule has 1 N–H and O–H groups in total. The molecule has 0 radical (unpaired) electrons. The predicted molar refractivity (Wildman–Crippen MR) is 61.9 cm³/mol. The molecule has 2 fully saturated rings. The van der Waals surface area contributed by atoms with Crippen LogP contribution in [0.25, 0.3) is 0 Å². The molecule has 1 heterocycles. The molecule has 1 saturated carbocycles. The molecule has 0 bridgehead atoms. The van der Waals surface area contributed by atoms with Gasteiger partial charge in [-0.2, -0.15) is 0 Å². The van der Waals surface area contributed by atoms with Crippen molar-refractivity contribution in [1.29, 1.82) is 0 Å². The quantitative estimate of drug-likeness (QED) is 0.749. The van der Waals surface area contributed by atoms with Crippen LogP contribution >= 0.6 is 0 Å². The zero-order chi connectivity index (χ0) is 10.8. The third-order valence-electron chi connectivity index (χ3n) is 3.74. The van der Waals surface area contributed by atoms with Crippen molar-refractivity contribution in [2.75, 3.05) is 33.3 Å². The zero-order valence-corrected chi connectivity index (χ0v) is 10.0. The molecule has 0 aromatic rings. The molecule has 2 rings (SSSR count). The van der Waals surface area contributed by atoms with E-state index < -0.39 is 0 Å². The molecule has 15 heavy (non-hydrogen) atoms. The average molecular weight is 212 g/mol. The summed E-state index contributed by atoms with van der Waals surface area (Å²) in [5.41, 5.74) is 0. The molecule has 1 saturated heterocycles. The van der Waals surface area contributed by atoms with Crippen LogP contribution in [0.4, 0.5) is 0 Å². The van der Waals surface area contributed by atoms with Gasteiger partial charge < -0.3 is 10.0 Å². The van der Waals surface area contributed by atoms with Gasteiger partial charge in [0.2, 0.25) is 0 Å². The first kappa shape index (κ1) is 11.4. The van der Waals surface area contributed by atoms with Crippen molar-refractivity contribution >= 4 is 0 Å². The molecule has 0 amide bonds. The normalized spacial score (nSPS) is 35.4. The third-order valence-corrected chi connectivity index (χ3v) is 3.74. The van der Waals surface area contributed by atoms with Gasteiger partial charge in [-0.05, 0) is 32.2 Å². The van der Waals surface area contributed by atoms with Gasteiger partial charge >= 0.3 is 0 Å². The van der Waals surface area contributed by atoms with Gasteiger partial charge in [-0.3, -0.25) is 4.90 Å². The lowest BCUT2D eigenvalue weighted by molar-refractivity contribution is 0.162. The van der Waals surface area contributed by atoms with E-state index >= 15 is 0 Å². The van der Waals surface area contributed by atoms with Gasteiger partial charge in [0.05, 0.1) is 0 Å². The Bertz CT molecular complexity index is 206. The molecule has 0 spiro atoms. The summed E-state index contributed by atoms with van der Waals surface area (Å²) in [6, 6.07) is 1.42. The Balaban J connectivity index is 1.97. The lowest BCUT2D eigenvalue weighted by Crippen LogP contribution is -2.40. The van der Waals surface area contributed by atoms with Crippen LogP contribution < -0.4 is 0 Å². The Morgan fingerprint density at radius 3 is 2.53 bits per heavy atom. The maximum Gasteiger partial charge on any atom is 0.0446 e. The monoisotopic (exact) mass is 212 g/mol. The number of hydrogen-bond acceptors (Lipinski definition) is 3. The summed E-state index contributed by atoms with van der Waals surface area (Å²) in [6.07, 6.45) is 3.71. The minimum Gasteiger partial charge on any atom is -0.396 e. The lowest BCUT2D eigenvalue weighted by atomic mass is 10.1. The van der Waals surface area contributed by atoms with E-state index in [0.29, 0.717) is 12.6 Å². The summed E-state index contributed by atoms with van der Waals surface area (Å²) in [6.45, 7) is 6.24. The maximum atomic E-state index is 9.09. The number of aliphatic hydroxyl groups excluding tert-OH is 1. The van der Waals surface area contributed by atoms with Crippen LogP contribution in [-0.4, -0.2) is 60.3 Å². The maximum absolute atomic E-state index is 9.09. The van der Waals surface area contributed by atoms with Crippen LogP contribution in [0.2, 0.25) is 0 Å². The largest absolute Gasteiger partial charge is 0.396 e. The number of rotatable bonds is 3. The zero-order valence-electron chi connectivity index (χ0n) is 10.0. The van der Waals surface area contributed by atoms with E-state index in [2.05, 4.69) is 23.8 Å². The lowest BCUT2D eigenvalue weighted by Gasteiger charge is -2.28. The van der Waals surface area contributed by atoms with Crippen molar-refractivity contribution in [3.05, 3.63) is 0 Å². The highest BCUT2D eigenvalue weighted by Gasteiger charge is 2.34. The topological polar surface area (TPSA) is 26.7 Å². The highest BCUT2D eigenvalue weighted by Crippen LogP contribution is 2.29. The number of nitrogens with zero attached hydrogens (tertiary/aromatic N) is 2. The molecular weight excluding hydrogens is 188 g/mol. The summed E-state index contributed by atoms with van der Waals surface area (Å²) >= 11 is 0. The predicted octanol–water partition coefficient (Wildman–Crippen LogP) is 0.783. The van der Waals surface area contributed by atoms with E-state index in [9.17, 15) is 0 Å². The van der Waals surface area contributed by atoms with E-state index in [1.54, 1.807) is 0 Å². The van der Waals surface area contributed by atoms with Gasteiger partial charge in [-0.25, -0.2) is 0 Å². The van der Waals surface area contributed by atoms with Gasteiger partial charge in [-0.1, -0.05) is 6.92 Å². The third kappa shape index (κ3) is 2.92. The first-order chi connectivity index (χ1) is 7.20. The molecule has 0 aromatic heterocycles. The number of aliphatic hydroxyl groups is 1. The van der Waals surface area contributed by atoms with Crippen molar-refractivity contribution < 1.29 is 5.11 Å². The van der Waals surface area contributed by atoms with Crippen molar-refractivity contribution in [3.8, 4) is 0 Å². The molecular formula is C12H24N2O. The van der Waals surface area contributed by atoms with Crippen LogP contribution in [0.15, 0.2) is 0 Å². The minimum absolute atomic E-state index is 0.321. The molecule has 0 aromatic carbocycles. The Morgan fingerprint density at radius 2 is 1.93 bits per heavy atom. The van der Waals surface area contributed by atoms with Crippen molar-refractivity contribution in [1.82, 2.24) is 9.80 Å². The minimum atomic E-state index is 0.321. The number of hydrogen-bond donors (Lipinski definition) is 1. The summed E-state index contributed by atoms with van der Waals surface area (Å²) in [4.78, 5) is 5.08. The fraction of sp³-hybridized carbons (Fsp3) is 1.00. The Kier molecular flexibility index (Phi) is 3.65. The second-order valence-electron chi connectivity index (χ2n) is 5.40. The molecule has 3 heteroatoms. The SMILES string of the molecule is CC1CN(C)C(CCO)CN(C2CC2)C1. The van der Waals surface area contributed by atoms with Gasteiger partial charge in [0.25, 0.3) is 0 Å². The summed E-state index contributed by atoms with van der Waals surface area (Å²) in [5, 5.41) is 9.09. The smallest absolute Gasteiger partial charge is 0.0446 e. The summed E-state index contributed by atoms with van der Waals surface area (Å²) < 4.78 is 0. The first-order valence-corrected chi connectivity index (χ1v) is 6.26. The molecule has 1 aliphatic carbocycles.